The molecule has 20 nitrogen and oxygen atoms in total. The molecule has 5 rings (SSSR count). The maximum Gasteiger partial charge on any atom is 0.373 e. The van der Waals surface area contributed by atoms with Gasteiger partial charge >= 0.3 is 12.1 Å². The van der Waals surface area contributed by atoms with Crippen molar-refractivity contribution in [2.75, 3.05) is 56.5 Å². The number of thioether (sulfide) groups is 2. The van der Waals surface area contributed by atoms with Crippen LogP contribution in [0.25, 0.3) is 0 Å². The van der Waals surface area contributed by atoms with Gasteiger partial charge in [-0.25, -0.2) is 4.98 Å². The molecule has 0 aliphatic carbocycles. The number of ketones is 1. The zero-order valence-electron chi connectivity index (χ0n) is 47.1. The number of nitrogens with one attached hydrogen (secondary N) is 3. The summed E-state index contributed by atoms with van der Waals surface area (Å²) in [6.45, 7) is 15.9. The van der Waals surface area contributed by atoms with Gasteiger partial charge < -0.3 is 25.6 Å². The van der Waals surface area contributed by atoms with Crippen LogP contribution in [0.4, 0.5) is 11.4 Å². The Bertz CT molecular complexity index is 2500. The third-order valence-electron chi connectivity index (χ3n) is 14.9. The smallest absolute Gasteiger partial charge is 0.373 e. The standard InChI is InChI=1S/C54H80N8O10S3.CO2/c1-12-17-36(56-49(68)40-30-73-50(58-40)42(72-34(6)63)27-41(32(3)4)60(11)51(69)37(33(5)13-2)26-45(64)54(7,8)59(9)10)24-35-19-20-38-39(25-35)55-21-14-15-22-61-47(66)28-43(52(61)70)74-31-75-44-29-48(67)62(53(44)71)23-16-18-46(65)57-38;2-1-3/h19-20,25,30,32-33,36-37,41-44,55H,12-18,21-24,26-29,31H2,1-11H3,(H,56,68)(H,57,65);/t33-,36+,37-,41+,42+,43?,44?;/m0./s1. The minimum atomic E-state index is -0.855. The topological polar surface area (TPSA) is 259 Å². The van der Waals surface area contributed by atoms with E-state index in [0.29, 0.717) is 60.1 Å². The number of benzene rings is 1. The summed E-state index contributed by atoms with van der Waals surface area (Å²) < 4.78 is 5.87. The number of Topliss-reactive ketones (excluding diaryl/α,β-unsaturated/α-hetero) is 1. The van der Waals surface area contributed by atoms with Gasteiger partial charge in [-0.3, -0.25) is 57.9 Å². The number of thiazole rings is 1. The molecule has 4 bridgehead atoms. The number of nitrogens with zero attached hydrogens (tertiary/aromatic N) is 5. The molecule has 2 aromatic rings. The maximum absolute atomic E-state index is 14.4. The van der Waals surface area contributed by atoms with Crippen LogP contribution in [0.15, 0.2) is 23.6 Å². The molecule has 3 aliphatic heterocycles. The first-order valence-corrected chi connectivity index (χ1v) is 29.8. The number of hydrogen-bond donors (Lipinski definition) is 3. The van der Waals surface area contributed by atoms with Crippen LogP contribution in [-0.2, 0) is 59.1 Å². The average molecular weight is 1140 g/mol. The van der Waals surface area contributed by atoms with Crippen molar-refractivity contribution in [2.24, 2.45) is 17.8 Å². The number of amides is 7. The van der Waals surface area contributed by atoms with Gasteiger partial charge in [0, 0.05) is 94.2 Å². The third-order valence-corrected chi connectivity index (χ3v) is 18.5. The zero-order valence-corrected chi connectivity index (χ0v) is 49.6. The van der Waals surface area contributed by atoms with Crippen LogP contribution in [0.1, 0.15) is 153 Å². The van der Waals surface area contributed by atoms with E-state index in [4.69, 9.17) is 19.3 Å². The Hall–Kier alpha value is -5.48. The summed E-state index contributed by atoms with van der Waals surface area (Å²) in [6, 6.07) is 4.91. The first-order valence-electron chi connectivity index (χ1n) is 26.9. The number of aromatic nitrogens is 1. The van der Waals surface area contributed by atoms with Crippen molar-refractivity contribution in [3.8, 4) is 0 Å². The maximum atomic E-state index is 14.4. The fraction of sp³-hybridized carbons (Fsp3) is 0.655. The molecule has 7 amide bonds. The van der Waals surface area contributed by atoms with E-state index < -0.39 is 46.0 Å². The quantitative estimate of drug-likeness (QED) is 0.0971. The molecule has 2 saturated heterocycles. The Labute approximate surface area is 471 Å². The molecule has 4 heterocycles. The summed E-state index contributed by atoms with van der Waals surface area (Å²) in [5.74, 6) is -3.11. The normalized spacial score (nSPS) is 19.7. The lowest BCUT2D eigenvalue weighted by Gasteiger charge is -2.38. The summed E-state index contributed by atoms with van der Waals surface area (Å²) in [7, 11) is 5.44. The second kappa shape index (κ2) is 30.8. The minimum Gasteiger partial charge on any atom is -0.455 e. The number of rotatable bonds is 19. The summed E-state index contributed by atoms with van der Waals surface area (Å²) in [5.41, 5.74) is 1.46. The Morgan fingerprint density at radius 1 is 0.910 bits per heavy atom. The van der Waals surface area contributed by atoms with Crippen molar-refractivity contribution < 1.29 is 57.5 Å². The summed E-state index contributed by atoms with van der Waals surface area (Å²) in [4.78, 5) is 147. The molecule has 0 radical (unpaired) electrons. The van der Waals surface area contributed by atoms with Crippen molar-refractivity contribution in [1.82, 2.24) is 29.9 Å². The van der Waals surface area contributed by atoms with E-state index in [0.717, 1.165) is 12.0 Å². The summed E-state index contributed by atoms with van der Waals surface area (Å²) in [6.07, 6.45) is 3.98. The Balaban J connectivity index is 0.00000427. The van der Waals surface area contributed by atoms with Crippen molar-refractivity contribution in [2.45, 2.75) is 167 Å². The van der Waals surface area contributed by atoms with Crippen molar-refractivity contribution in [3.63, 3.8) is 0 Å². The SMILES string of the molecule is CCC[C@H](Cc1ccc2c(c1)NCCCCN1C(=O)CC(SCSC3CC(=O)N(CCCC(=O)N2)C3=O)C1=O)NC(=O)c1csc([C@@H](C[C@H](C(C)C)N(C)C(=O)[C@@H](CC(=O)C(C)(C)N(C)C)[C@@H](C)CC)OC(C)=O)n1.O=C=O. The third kappa shape index (κ3) is 18.0. The second-order valence-corrected chi connectivity index (χ2v) is 24.9. The number of carbonyl (C=O) groups is 9. The van der Waals surface area contributed by atoms with Gasteiger partial charge in [-0.2, -0.15) is 9.59 Å². The van der Waals surface area contributed by atoms with Gasteiger partial charge in [-0.15, -0.1) is 34.9 Å². The van der Waals surface area contributed by atoms with Crippen LogP contribution >= 0.6 is 34.9 Å². The molecule has 7 atom stereocenters. The highest BCUT2D eigenvalue weighted by Gasteiger charge is 2.42. The molecule has 23 heteroatoms. The van der Waals surface area contributed by atoms with Gasteiger partial charge in [0.05, 0.1) is 27.4 Å². The van der Waals surface area contributed by atoms with Gasteiger partial charge in [0.1, 0.15) is 10.7 Å². The Morgan fingerprint density at radius 3 is 2.09 bits per heavy atom. The fourth-order valence-electron chi connectivity index (χ4n) is 9.54. The highest BCUT2D eigenvalue weighted by Crippen LogP contribution is 2.35. The number of ether oxygens (including phenoxy) is 1. The number of hydrogen-bond acceptors (Lipinski definition) is 18. The fourth-order valence-corrected chi connectivity index (χ4v) is 13.1. The minimum absolute atomic E-state index is 0.0210. The Kier molecular flexibility index (Phi) is 25.7. The number of esters is 1. The lowest BCUT2D eigenvalue weighted by atomic mass is 9.81. The van der Waals surface area contributed by atoms with Gasteiger partial charge in [0.2, 0.25) is 35.4 Å². The number of fused-ring (bicyclic) bond motifs is 5. The van der Waals surface area contributed by atoms with Crippen LogP contribution in [0, 0.1) is 17.8 Å². The number of imide groups is 2. The van der Waals surface area contributed by atoms with E-state index in [-0.39, 0.29) is 123 Å². The van der Waals surface area contributed by atoms with E-state index in [2.05, 4.69) is 16.0 Å². The highest BCUT2D eigenvalue weighted by atomic mass is 32.2. The van der Waals surface area contributed by atoms with Gasteiger partial charge in [0.25, 0.3) is 5.91 Å². The second-order valence-electron chi connectivity index (χ2n) is 21.3. The number of carbonyl (C=O) groups excluding carboxylic acids is 11. The molecule has 78 heavy (non-hydrogen) atoms. The first kappa shape index (κ1) is 65.0. The van der Waals surface area contributed by atoms with E-state index in [1.54, 1.807) is 23.4 Å². The van der Waals surface area contributed by atoms with E-state index in [9.17, 15) is 43.2 Å². The zero-order chi connectivity index (χ0) is 58.0. The first-order chi connectivity index (χ1) is 36.9. The molecule has 3 N–H and O–H groups in total. The van der Waals surface area contributed by atoms with E-state index >= 15 is 0 Å². The molecule has 3 aliphatic rings. The molecular weight excluding hydrogens is 1060 g/mol. The molecule has 2 unspecified atom stereocenters. The number of anilines is 2. The lowest BCUT2D eigenvalue weighted by Crippen LogP contribution is -2.50. The molecule has 2 fully saturated rings. The largest absolute Gasteiger partial charge is 0.455 e. The molecule has 0 spiro atoms. The molecular formula is C55H80N8O12S3. The highest BCUT2D eigenvalue weighted by molar-refractivity contribution is 8.17. The predicted molar refractivity (Wildman–Crippen MR) is 300 cm³/mol. The monoisotopic (exact) mass is 1140 g/mol. The summed E-state index contributed by atoms with van der Waals surface area (Å²) >= 11 is 3.84. The van der Waals surface area contributed by atoms with E-state index in [1.165, 1.54) is 51.6 Å². The molecule has 1 aromatic heterocycles. The van der Waals surface area contributed by atoms with Crippen LogP contribution in [-0.4, -0.2) is 158 Å². The molecule has 430 valence electrons. The van der Waals surface area contributed by atoms with Crippen LogP contribution in [0.2, 0.25) is 0 Å². The van der Waals surface area contributed by atoms with Crippen molar-refractivity contribution in [1.29, 1.82) is 0 Å². The van der Waals surface area contributed by atoms with Crippen molar-refractivity contribution in [3.05, 3.63) is 39.8 Å². The van der Waals surface area contributed by atoms with Gasteiger partial charge in [-0.05, 0) is 89.6 Å². The number of likely N-dealkylation sites (N-methyl/N-ethyl adjacent to an activating group) is 1. The van der Waals surface area contributed by atoms with Crippen LogP contribution in [0.5, 0.6) is 0 Å². The molecule has 0 saturated carbocycles. The van der Waals surface area contributed by atoms with Gasteiger partial charge in [0.15, 0.2) is 11.9 Å². The van der Waals surface area contributed by atoms with Crippen LogP contribution in [0.3, 0.4) is 0 Å². The van der Waals surface area contributed by atoms with Crippen molar-refractivity contribution >= 4 is 105 Å². The summed E-state index contributed by atoms with van der Waals surface area (Å²) in [5, 5.41) is 11.0. The lowest BCUT2D eigenvalue weighted by molar-refractivity contribution is -0.192. The van der Waals surface area contributed by atoms with Gasteiger partial charge in [-0.1, -0.05) is 53.5 Å². The molecule has 1 aromatic carbocycles. The predicted octanol–water partition coefficient (Wildman–Crippen LogP) is 6.74. The average Bonchev–Trinajstić information content (AvgIpc) is 4.06. The Morgan fingerprint density at radius 2 is 1.53 bits per heavy atom. The van der Waals surface area contributed by atoms with Crippen LogP contribution < -0.4 is 16.0 Å². The van der Waals surface area contributed by atoms with E-state index in [1.807, 2.05) is 79.6 Å².